The van der Waals surface area contributed by atoms with Crippen LogP contribution in [0.15, 0.2) is 0 Å². The Morgan fingerprint density at radius 1 is 1.44 bits per heavy atom. The van der Waals surface area contributed by atoms with Gasteiger partial charge in [-0.1, -0.05) is 0 Å². The van der Waals surface area contributed by atoms with E-state index in [1.807, 2.05) is 11.8 Å². The molecule has 2 saturated heterocycles. The summed E-state index contributed by atoms with van der Waals surface area (Å²) in [7, 11) is 0. The first-order valence-electron chi connectivity index (χ1n) is 6.78. The number of Topliss-reactive ketones (excluding diaryl/α,β-unsaturated/α-hetero) is 1. The Balaban J connectivity index is 1.83. The van der Waals surface area contributed by atoms with Crippen LogP contribution in [0.3, 0.4) is 0 Å². The molecule has 4 nitrogen and oxygen atoms in total. The second-order valence-corrected chi connectivity index (χ2v) is 6.37. The SMILES string of the molecule is NCCOCC(=O)C1CCOC2(CCSCC2)C1. The highest BCUT2D eigenvalue weighted by molar-refractivity contribution is 7.99. The predicted molar refractivity (Wildman–Crippen MR) is 72.8 cm³/mol. The molecule has 0 bridgehead atoms. The fraction of sp³-hybridized carbons (Fsp3) is 0.923. The van der Waals surface area contributed by atoms with Gasteiger partial charge >= 0.3 is 0 Å². The summed E-state index contributed by atoms with van der Waals surface area (Å²) < 4.78 is 11.2. The summed E-state index contributed by atoms with van der Waals surface area (Å²) in [4.78, 5) is 12.1. The van der Waals surface area contributed by atoms with E-state index in [-0.39, 0.29) is 23.9 Å². The fourth-order valence-electron chi connectivity index (χ4n) is 2.77. The molecule has 1 atom stereocenters. The Labute approximate surface area is 113 Å². The highest BCUT2D eigenvalue weighted by Gasteiger charge is 2.40. The molecule has 0 aromatic carbocycles. The van der Waals surface area contributed by atoms with E-state index in [0.717, 1.165) is 43.8 Å². The highest BCUT2D eigenvalue weighted by atomic mass is 32.2. The molecule has 0 amide bonds. The van der Waals surface area contributed by atoms with E-state index >= 15 is 0 Å². The summed E-state index contributed by atoms with van der Waals surface area (Å²) in [6.45, 7) is 1.88. The summed E-state index contributed by atoms with van der Waals surface area (Å²) in [5.41, 5.74) is 5.33. The van der Waals surface area contributed by atoms with Crippen molar-refractivity contribution in [2.75, 3.05) is 37.9 Å². The maximum Gasteiger partial charge on any atom is 0.161 e. The van der Waals surface area contributed by atoms with Gasteiger partial charge in [0.1, 0.15) is 6.61 Å². The summed E-state index contributed by atoms with van der Waals surface area (Å²) in [6.07, 6.45) is 3.91. The number of thioether (sulfide) groups is 1. The van der Waals surface area contributed by atoms with E-state index in [1.165, 1.54) is 0 Å². The number of ketones is 1. The Morgan fingerprint density at radius 3 is 2.94 bits per heavy atom. The Hall–Kier alpha value is -0.100. The Morgan fingerprint density at radius 2 is 2.22 bits per heavy atom. The van der Waals surface area contributed by atoms with Crippen molar-refractivity contribution < 1.29 is 14.3 Å². The van der Waals surface area contributed by atoms with E-state index < -0.39 is 0 Å². The third kappa shape index (κ3) is 3.70. The largest absolute Gasteiger partial charge is 0.375 e. The minimum absolute atomic E-state index is 0.0162. The van der Waals surface area contributed by atoms with Crippen LogP contribution < -0.4 is 5.73 Å². The number of hydrogen-bond acceptors (Lipinski definition) is 5. The second-order valence-electron chi connectivity index (χ2n) is 5.14. The average Bonchev–Trinajstić information content (AvgIpc) is 2.40. The molecule has 104 valence electrons. The van der Waals surface area contributed by atoms with E-state index in [9.17, 15) is 4.79 Å². The normalized spacial score (nSPS) is 27.3. The van der Waals surface area contributed by atoms with Gasteiger partial charge in [0.2, 0.25) is 0 Å². The van der Waals surface area contributed by atoms with Crippen molar-refractivity contribution in [3.8, 4) is 0 Å². The minimum Gasteiger partial charge on any atom is -0.375 e. The lowest BCUT2D eigenvalue weighted by molar-refractivity contribution is -0.142. The van der Waals surface area contributed by atoms with Gasteiger partial charge in [0.05, 0.1) is 12.2 Å². The monoisotopic (exact) mass is 273 g/mol. The van der Waals surface area contributed by atoms with Crippen molar-refractivity contribution in [2.24, 2.45) is 11.7 Å². The van der Waals surface area contributed by atoms with Gasteiger partial charge in [-0.2, -0.15) is 11.8 Å². The molecule has 5 heteroatoms. The highest BCUT2D eigenvalue weighted by Crippen LogP contribution is 2.39. The lowest BCUT2D eigenvalue weighted by atomic mass is 9.80. The first-order valence-corrected chi connectivity index (χ1v) is 7.93. The van der Waals surface area contributed by atoms with Crippen molar-refractivity contribution in [2.45, 2.75) is 31.3 Å². The van der Waals surface area contributed by atoms with Crippen LogP contribution in [-0.4, -0.2) is 49.3 Å². The zero-order valence-corrected chi connectivity index (χ0v) is 11.7. The van der Waals surface area contributed by atoms with Gasteiger partial charge in [-0.15, -0.1) is 0 Å². The van der Waals surface area contributed by atoms with Crippen molar-refractivity contribution >= 4 is 17.5 Å². The van der Waals surface area contributed by atoms with Gasteiger partial charge in [-0.25, -0.2) is 0 Å². The van der Waals surface area contributed by atoms with Crippen LogP contribution in [0.25, 0.3) is 0 Å². The maximum absolute atomic E-state index is 12.1. The Bertz CT molecular complexity index is 274. The molecular weight excluding hydrogens is 250 g/mol. The molecule has 0 aromatic rings. The molecule has 1 unspecified atom stereocenters. The second kappa shape index (κ2) is 6.89. The summed E-state index contributed by atoms with van der Waals surface area (Å²) >= 11 is 1.99. The fourth-order valence-corrected chi connectivity index (χ4v) is 4.01. The van der Waals surface area contributed by atoms with Crippen molar-refractivity contribution in [1.29, 1.82) is 0 Å². The van der Waals surface area contributed by atoms with Gasteiger partial charge in [0, 0.05) is 19.1 Å². The smallest absolute Gasteiger partial charge is 0.161 e. The average molecular weight is 273 g/mol. The van der Waals surface area contributed by atoms with Crippen molar-refractivity contribution in [1.82, 2.24) is 0 Å². The first kappa shape index (κ1) is 14.3. The standard InChI is InChI=1S/C13H23NO3S/c14-4-6-16-10-12(15)11-1-5-17-13(9-11)2-7-18-8-3-13/h11H,1-10,14H2. The molecule has 2 aliphatic heterocycles. The number of hydrogen-bond donors (Lipinski definition) is 1. The van der Waals surface area contributed by atoms with Gasteiger partial charge < -0.3 is 15.2 Å². The lowest BCUT2D eigenvalue weighted by Gasteiger charge is -2.42. The topological polar surface area (TPSA) is 61.5 Å². The molecule has 2 rings (SSSR count). The van der Waals surface area contributed by atoms with E-state index in [2.05, 4.69) is 0 Å². The van der Waals surface area contributed by atoms with Gasteiger partial charge in [-0.3, -0.25) is 4.79 Å². The number of rotatable bonds is 5. The molecule has 2 aliphatic rings. The molecule has 0 saturated carbocycles. The van der Waals surface area contributed by atoms with E-state index in [0.29, 0.717) is 13.2 Å². The lowest BCUT2D eigenvalue weighted by Crippen LogP contribution is -2.45. The molecular formula is C13H23NO3S. The predicted octanol–water partition coefficient (Wildman–Crippen LogP) is 1.22. The van der Waals surface area contributed by atoms with Crippen LogP contribution in [0.1, 0.15) is 25.7 Å². The van der Waals surface area contributed by atoms with Crippen LogP contribution in [-0.2, 0) is 14.3 Å². The number of nitrogens with two attached hydrogens (primary N) is 1. The Kier molecular flexibility index (Phi) is 5.48. The zero-order valence-electron chi connectivity index (χ0n) is 10.9. The van der Waals surface area contributed by atoms with Crippen LogP contribution >= 0.6 is 11.8 Å². The molecule has 2 heterocycles. The quantitative estimate of drug-likeness (QED) is 0.763. The maximum atomic E-state index is 12.1. The molecule has 18 heavy (non-hydrogen) atoms. The van der Waals surface area contributed by atoms with E-state index in [1.54, 1.807) is 0 Å². The number of carbonyl (C=O) groups excluding carboxylic acids is 1. The third-order valence-corrected chi connectivity index (χ3v) is 4.84. The first-order chi connectivity index (χ1) is 8.76. The summed E-state index contributed by atoms with van der Waals surface area (Å²) in [5.74, 6) is 2.67. The van der Waals surface area contributed by atoms with Crippen LogP contribution in [0.5, 0.6) is 0 Å². The molecule has 0 aromatic heterocycles. The van der Waals surface area contributed by atoms with Gasteiger partial charge in [0.15, 0.2) is 5.78 Å². The van der Waals surface area contributed by atoms with Crippen molar-refractivity contribution in [3.05, 3.63) is 0 Å². The minimum atomic E-state index is -0.0162. The zero-order chi connectivity index (χ0) is 12.8. The van der Waals surface area contributed by atoms with Crippen LogP contribution in [0, 0.1) is 5.92 Å². The molecule has 2 N–H and O–H groups in total. The molecule has 0 aliphatic carbocycles. The summed E-state index contributed by atoms with van der Waals surface area (Å²) in [5, 5.41) is 0. The van der Waals surface area contributed by atoms with Crippen LogP contribution in [0.4, 0.5) is 0 Å². The molecule has 0 radical (unpaired) electrons. The van der Waals surface area contributed by atoms with E-state index in [4.69, 9.17) is 15.2 Å². The summed E-state index contributed by atoms with van der Waals surface area (Å²) in [6, 6.07) is 0. The van der Waals surface area contributed by atoms with Crippen LogP contribution in [0.2, 0.25) is 0 Å². The third-order valence-electron chi connectivity index (χ3n) is 3.86. The number of carbonyl (C=O) groups is 1. The molecule has 1 spiro atoms. The van der Waals surface area contributed by atoms with Gasteiger partial charge in [-0.05, 0) is 37.2 Å². The molecule has 2 fully saturated rings. The van der Waals surface area contributed by atoms with Crippen molar-refractivity contribution in [3.63, 3.8) is 0 Å². The van der Waals surface area contributed by atoms with Gasteiger partial charge in [0.25, 0.3) is 0 Å². The number of ether oxygens (including phenoxy) is 2.